The summed E-state index contributed by atoms with van der Waals surface area (Å²) >= 11 is 0. The molecule has 3 atom stereocenters. The third-order valence-electron chi connectivity index (χ3n) is 7.11. The van der Waals surface area contributed by atoms with Crippen LogP contribution in [0.2, 0.25) is 0 Å². The normalized spacial score (nSPS) is 27.5. The van der Waals surface area contributed by atoms with Crippen molar-refractivity contribution >= 4 is 29.4 Å². The highest BCUT2D eigenvalue weighted by molar-refractivity contribution is 6.46. The average molecular weight is 473 g/mol. The van der Waals surface area contributed by atoms with Gasteiger partial charge in [0.05, 0.1) is 33.0 Å². The predicted octanol–water partition coefficient (Wildman–Crippen LogP) is 1.10. The summed E-state index contributed by atoms with van der Waals surface area (Å²) in [5, 5.41) is 0. The van der Waals surface area contributed by atoms with Crippen LogP contribution in [0, 0.1) is 5.41 Å². The van der Waals surface area contributed by atoms with Crippen molar-refractivity contribution in [3.8, 4) is 11.5 Å². The number of carbonyl (C=O) groups is 5. The summed E-state index contributed by atoms with van der Waals surface area (Å²) < 4.78 is 21.4. The van der Waals surface area contributed by atoms with E-state index in [-0.39, 0.29) is 38.3 Å². The average Bonchev–Trinajstić information content (AvgIpc) is 3.03. The first kappa shape index (κ1) is 23.7. The van der Waals surface area contributed by atoms with Gasteiger partial charge in [-0.2, -0.15) is 0 Å². The van der Waals surface area contributed by atoms with Gasteiger partial charge >= 0.3 is 11.9 Å². The van der Waals surface area contributed by atoms with E-state index in [0.29, 0.717) is 22.6 Å². The lowest BCUT2D eigenvalue weighted by Crippen LogP contribution is -2.65. The van der Waals surface area contributed by atoms with E-state index in [2.05, 4.69) is 0 Å². The topological polar surface area (TPSA) is 126 Å². The van der Waals surface area contributed by atoms with Crippen LogP contribution in [0.15, 0.2) is 12.1 Å². The zero-order valence-corrected chi connectivity index (χ0v) is 19.6. The highest BCUT2D eigenvalue weighted by atomic mass is 16.5. The minimum Gasteiger partial charge on any atom is -0.493 e. The van der Waals surface area contributed by atoms with E-state index in [4.69, 9.17) is 18.9 Å². The van der Waals surface area contributed by atoms with Crippen molar-refractivity contribution in [3.05, 3.63) is 23.3 Å². The SMILES string of the molecule is CCOC(=O)[C@@H]1Cc2cc(OC)c(OC)cc2[C@]23CCC(=O)C[C@@]2(C(=O)OCC)C(=O)C(=O)N13. The number of hydrogen-bond donors (Lipinski definition) is 0. The van der Waals surface area contributed by atoms with Gasteiger partial charge in [-0.1, -0.05) is 0 Å². The van der Waals surface area contributed by atoms with Crippen LogP contribution in [-0.2, 0) is 45.4 Å². The van der Waals surface area contributed by atoms with Gasteiger partial charge in [-0.3, -0.25) is 19.2 Å². The van der Waals surface area contributed by atoms with Crippen LogP contribution in [0.1, 0.15) is 44.2 Å². The van der Waals surface area contributed by atoms with Gasteiger partial charge in [-0.15, -0.1) is 0 Å². The Bertz CT molecular complexity index is 1100. The van der Waals surface area contributed by atoms with Crippen molar-refractivity contribution in [2.45, 2.75) is 51.1 Å². The molecule has 3 aliphatic rings. The first-order chi connectivity index (χ1) is 16.2. The third kappa shape index (κ3) is 2.90. The van der Waals surface area contributed by atoms with Gasteiger partial charge in [0.1, 0.15) is 11.8 Å². The van der Waals surface area contributed by atoms with Crippen molar-refractivity contribution in [1.29, 1.82) is 0 Å². The summed E-state index contributed by atoms with van der Waals surface area (Å²) in [5.74, 6) is -3.31. The molecule has 2 aliphatic heterocycles. The van der Waals surface area contributed by atoms with E-state index in [1.165, 1.54) is 19.1 Å². The molecular weight excluding hydrogens is 446 g/mol. The Morgan fingerprint density at radius 2 is 1.68 bits per heavy atom. The molecule has 10 nitrogen and oxygen atoms in total. The Morgan fingerprint density at radius 1 is 1.03 bits per heavy atom. The summed E-state index contributed by atoms with van der Waals surface area (Å²) in [6, 6.07) is 2.14. The van der Waals surface area contributed by atoms with Crippen LogP contribution in [-0.4, -0.2) is 67.8 Å². The minimum absolute atomic E-state index is 0.0154. The Kier molecular flexibility index (Phi) is 5.87. The molecule has 1 amide bonds. The standard InChI is InChI=1S/C24H27NO9/c1-5-33-21(29)16-9-13-10-17(31-3)18(32-4)11-15(13)24-8-7-14(26)12-23(24,22(30)34-6-2)19(27)20(28)25(16)24/h10-11,16H,5-9,12H2,1-4H3/t16-,23-,24+/m0/s1. The molecule has 0 N–H and O–H groups in total. The number of benzene rings is 1. The van der Waals surface area contributed by atoms with Crippen molar-refractivity contribution in [2.24, 2.45) is 5.41 Å². The molecule has 0 aromatic heterocycles. The Hall–Kier alpha value is -3.43. The number of ether oxygens (including phenoxy) is 4. The summed E-state index contributed by atoms with van der Waals surface area (Å²) in [6.07, 6.45) is -0.458. The molecule has 1 spiro atoms. The summed E-state index contributed by atoms with van der Waals surface area (Å²) in [5.41, 5.74) is -2.66. The summed E-state index contributed by atoms with van der Waals surface area (Å²) in [7, 11) is 2.91. The fourth-order valence-corrected chi connectivity index (χ4v) is 5.82. The second kappa shape index (κ2) is 8.41. The first-order valence-electron chi connectivity index (χ1n) is 11.2. The third-order valence-corrected chi connectivity index (χ3v) is 7.11. The van der Waals surface area contributed by atoms with Gasteiger partial charge in [0, 0.05) is 19.3 Å². The highest BCUT2D eigenvalue weighted by Gasteiger charge is 2.78. The van der Waals surface area contributed by atoms with E-state index < -0.39 is 47.0 Å². The quantitative estimate of drug-likeness (QED) is 0.339. The molecule has 1 aromatic carbocycles. The number of fused-ring (bicyclic) bond motifs is 1. The van der Waals surface area contributed by atoms with Crippen LogP contribution in [0.4, 0.5) is 0 Å². The molecule has 0 bridgehead atoms. The van der Waals surface area contributed by atoms with E-state index in [1.54, 1.807) is 26.0 Å². The van der Waals surface area contributed by atoms with E-state index in [9.17, 15) is 24.0 Å². The number of nitrogens with zero attached hydrogens (tertiary/aromatic N) is 1. The number of Topliss-reactive ketones (excluding diaryl/α,β-unsaturated/α-hetero) is 2. The number of ketones is 2. The lowest BCUT2D eigenvalue weighted by molar-refractivity contribution is -0.177. The van der Waals surface area contributed by atoms with Crippen LogP contribution >= 0.6 is 0 Å². The number of carbonyl (C=O) groups excluding carboxylic acids is 5. The Balaban J connectivity index is 2.09. The predicted molar refractivity (Wildman–Crippen MR) is 115 cm³/mol. The monoisotopic (exact) mass is 473 g/mol. The number of amides is 1. The molecule has 1 saturated carbocycles. The maximum absolute atomic E-state index is 13.6. The minimum atomic E-state index is -2.12. The van der Waals surface area contributed by atoms with Gasteiger partial charge in [-0.05, 0) is 43.5 Å². The van der Waals surface area contributed by atoms with Crippen molar-refractivity contribution in [2.75, 3.05) is 27.4 Å². The van der Waals surface area contributed by atoms with Crippen LogP contribution < -0.4 is 9.47 Å². The zero-order valence-electron chi connectivity index (χ0n) is 19.6. The molecule has 4 rings (SSSR count). The first-order valence-corrected chi connectivity index (χ1v) is 11.2. The summed E-state index contributed by atoms with van der Waals surface area (Å²) in [6.45, 7) is 3.23. The Labute approximate surface area is 196 Å². The van der Waals surface area contributed by atoms with Crippen LogP contribution in [0.3, 0.4) is 0 Å². The van der Waals surface area contributed by atoms with Crippen molar-refractivity contribution in [3.63, 3.8) is 0 Å². The number of esters is 2. The van der Waals surface area contributed by atoms with Crippen molar-refractivity contribution < 1.29 is 42.9 Å². The molecule has 2 fully saturated rings. The second-order valence-electron chi connectivity index (χ2n) is 8.54. The zero-order chi connectivity index (χ0) is 24.8. The van der Waals surface area contributed by atoms with E-state index in [0.717, 1.165) is 0 Å². The van der Waals surface area contributed by atoms with E-state index >= 15 is 0 Å². The van der Waals surface area contributed by atoms with E-state index in [1.807, 2.05) is 0 Å². The number of methoxy groups -OCH3 is 2. The fourth-order valence-electron chi connectivity index (χ4n) is 5.82. The van der Waals surface area contributed by atoms with Gasteiger partial charge in [0.25, 0.3) is 5.91 Å². The lowest BCUT2D eigenvalue weighted by Gasteiger charge is -2.54. The molecule has 1 aromatic rings. The molecule has 0 radical (unpaired) electrons. The van der Waals surface area contributed by atoms with Crippen LogP contribution in [0.25, 0.3) is 0 Å². The van der Waals surface area contributed by atoms with Gasteiger partial charge in [0.2, 0.25) is 5.78 Å². The van der Waals surface area contributed by atoms with Crippen LogP contribution in [0.5, 0.6) is 11.5 Å². The molecule has 0 unspecified atom stereocenters. The van der Waals surface area contributed by atoms with Crippen molar-refractivity contribution in [1.82, 2.24) is 4.90 Å². The molecule has 182 valence electrons. The number of hydrogen-bond acceptors (Lipinski definition) is 9. The molecule has 1 saturated heterocycles. The molecule has 34 heavy (non-hydrogen) atoms. The number of rotatable bonds is 6. The maximum Gasteiger partial charge on any atom is 0.329 e. The largest absolute Gasteiger partial charge is 0.493 e. The maximum atomic E-state index is 13.6. The fraction of sp³-hybridized carbons (Fsp3) is 0.542. The van der Waals surface area contributed by atoms with Gasteiger partial charge < -0.3 is 23.8 Å². The van der Waals surface area contributed by atoms with Gasteiger partial charge in [-0.25, -0.2) is 4.79 Å². The Morgan fingerprint density at radius 3 is 2.29 bits per heavy atom. The molecular formula is C24H27NO9. The molecule has 1 aliphatic carbocycles. The van der Waals surface area contributed by atoms with Gasteiger partial charge in [0.15, 0.2) is 16.9 Å². The second-order valence-corrected chi connectivity index (χ2v) is 8.54. The lowest BCUT2D eigenvalue weighted by atomic mass is 9.56. The molecule has 2 heterocycles. The molecule has 10 heteroatoms. The highest BCUT2D eigenvalue weighted by Crippen LogP contribution is 2.62. The summed E-state index contributed by atoms with van der Waals surface area (Å²) in [4.78, 5) is 67.6. The smallest absolute Gasteiger partial charge is 0.329 e.